The second kappa shape index (κ2) is 6.92. The van der Waals surface area contributed by atoms with Crippen LogP contribution >= 0.6 is 0 Å². The molecule has 0 saturated carbocycles. The lowest BCUT2D eigenvalue weighted by Crippen LogP contribution is -1.86. The molecule has 0 aliphatic rings. The summed E-state index contributed by atoms with van der Waals surface area (Å²) in [4.78, 5) is 0. The first-order chi connectivity index (χ1) is 9.85. The lowest BCUT2D eigenvalue weighted by atomic mass is 10.2. The Morgan fingerprint density at radius 3 is 1.45 bits per heavy atom. The van der Waals surface area contributed by atoms with E-state index in [-0.39, 0.29) is 0 Å². The standard InChI is InChI=1S/C18H14O2/c1-19-17-13-7-5-11-15(17)9-3-4-10-16-12-6-8-14-18(16)20-2/h5-8,11-14H,1-2H3. The Kier molecular flexibility index (Phi) is 4.70. The summed E-state index contributed by atoms with van der Waals surface area (Å²) in [5, 5.41) is 0. The Labute approximate surface area is 119 Å². The van der Waals surface area contributed by atoms with Gasteiger partial charge in [0.1, 0.15) is 11.5 Å². The highest BCUT2D eigenvalue weighted by molar-refractivity contribution is 5.52. The zero-order chi connectivity index (χ0) is 14.2. The number of para-hydroxylation sites is 2. The molecule has 0 saturated heterocycles. The first-order valence-electron chi connectivity index (χ1n) is 6.13. The van der Waals surface area contributed by atoms with Crippen molar-refractivity contribution < 1.29 is 9.47 Å². The van der Waals surface area contributed by atoms with Gasteiger partial charge in [0.15, 0.2) is 0 Å². The van der Waals surface area contributed by atoms with Crippen LogP contribution in [-0.4, -0.2) is 14.2 Å². The summed E-state index contributed by atoms with van der Waals surface area (Å²) in [6, 6.07) is 15.2. The van der Waals surface area contributed by atoms with Crippen molar-refractivity contribution in [1.29, 1.82) is 0 Å². The van der Waals surface area contributed by atoms with Gasteiger partial charge in [0.05, 0.1) is 25.3 Å². The summed E-state index contributed by atoms with van der Waals surface area (Å²) < 4.78 is 10.5. The molecule has 2 nitrogen and oxygen atoms in total. The predicted octanol–water partition coefficient (Wildman–Crippen LogP) is 3.11. The molecule has 0 amide bonds. The largest absolute Gasteiger partial charge is 0.495 e. The third-order valence-corrected chi connectivity index (χ3v) is 2.67. The summed E-state index contributed by atoms with van der Waals surface area (Å²) in [6.07, 6.45) is 0. The van der Waals surface area contributed by atoms with Crippen LogP contribution < -0.4 is 9.47 Å². The molecule has 20 heavy (non-hydrogen) atoms. The molecule has 0 fully saturated rings. The van der Waals surface area contributed by atoms with E-state index in [4.69, 9.17) is 9.47 Å². The summed E-state index contributed by atoms with van der Waals surface area (Å²) in [5.74, 6) is 13.1. The molecule has 0 atom stereocenters. The van der Waals surface area contributed by atoms with Gasteiger partial charge >= 0.3 is 0 Å². The van der Waals surface area contributed by atoms with Crippen molar-refractivity contribution in [3.63, 3.8) is 0 Å². The van der Waals surface area contributed by atoms with Gasteiger partial charge in [0.25, 0.3) is 0 Å². The minimum absolute atomic E-state index is 0.749. The van der Waals surface area contributed by atoms with E-state index < -0.39 is 0 Å². The number of benzene rings is 2. The Bertz CT molecular complexity index is 646. The fourth-order valence-electron chi connectivity index (χ4n) is 1.69. The first-order valence-corrected chi connectivity index (χ1v) is 6.13. The number of methoxy groups -OCH3 is 2. The van der Waals surface area contributed by atoms with Crippen LogP contribution in [-0.2, 0) is 0 Å². The second-order valence-electron chi connectivity index (χ2n) is 3.90. The molecule has 0 heterocycles. The summed E-state index contributed by atoms with van der Waals surface area (Å²) in [7, 11) is 3.25. The van der Waals surface area contributed by atoms with Crippen LogP contribution in [0.3, 0.4) is 0 Å². The van der Waals surface area contributed by atoms with Crippen molar-refractivity contribution >= 4 is 0 Å². The monoisotopic (exact) mass is 262 g/mol. The molecule has 98 valence electrons. The summed E-state index contributed by atoms with van der Waals surface area (Å²) in [5.41, 5.74) is 1.65. The van der Waals surface area contributed by atoms with Crippen molar-refractivity contribution in [3.8, 4) is 35.2 Å². The molecule has 0 aromatic heterocycles. The third kappa shape index (κ3) is 3.34. The minimum Gasteiger partial charge on any atom is -0.495 e. The fraction of sp³-hybridized carbons (Fsp3) is 0.111. The fourth-order valence-corrected chi connectivity index (χ4v) is 1.69. The van der Waals surface area contributed by atoms with Crippen molar-refractivity contribution in [1.82, 2.24) is 0 Å². The van der Waals surface area contributed by atoms with Gasteiger partial charge in [-0.1, -0.05) is 24.3 Å². The molecule has 2 aromatic carbocycles. The van der Waals surface area contributed by atoms with E-state index in [0.717, 1.165) is 22.6 Å². The van der Waals surface area contributed by atoms with Gasteiger partial charge in [0.2, 0.25) is 0 Å². The minimum atomic E-state index is 0.749. The average Bonchev–Trinajstić information content (AvgIpc) is 2.52. The maximum Gasteiger partial charge on any atom is 0.134 e. The molecular weight excluding hydrogens is 248 g/mol. The lowest BCUT2D eigenvalue weighted by Gasteiger charge is -2.00. The van der Waals surface area contributed by atoms with E-state index in [1.165, 1.54) is 0 Å². The zero-order valence-corrected chi connectivity index (χ0v) is 11.4. The first kappa shape index (κ1) is 13.6. The maximum atomic E-state index is 5.23. The van der Waals surface area contributed by atoms with Crippen molar-refractivity contribution in [2.24, 2.45) is 0 Å². The van der Waals surface area contributed by atoms with Crippen LogP contribution in [0.25, 0.3) is 0 Å². The molecule has 0 N–H and O–H groups in total. The molecule has 0 bridgehead atoms. The normalized spacial score (nSPS) is 8.70. The van der Waals surface area contributed by atoms with E-state index in [1.807, 2.05) is 48.5 Å². The van der Waals surface area contributed by atoms with Crippen LogP contribution in [0.2, 0.25) is 0 Å². The van der Waals surface area contributed by atoms with Gasteiger partial charge in [-0.05, 0) is 47.9 Å². The quantitative estimate of drug-likeness (QED) is 0.774. The average molecular weight is 262 g/mol. The predicted molar refractivity (Wildman–Crippen MR) is 79.7 cm³/mol. The van der Waals surface area contributed by atoms with Crippen LogP contribution in [0.15, 0.2) is 48.5 Å². The van der Waals surface area contributed by atoms with Crippen molar-refractivity contribution in [2.45, 2.75) is 0 Å². The molecule has 0 unspecified atom stereocenters. The van der Waals surface area contributed by atoms with Gasteiger partial charge in [0, 0.05) is 0 Å². The molecule has 2 rings (SSSR count). The number of hydrogen-bond donors (Lipinski definition) is 0. The molecule has 0 spiro atoms. The zero-order valence-electron chi connectivity index (χ0n) is 11.4. The number of ether oxygens (including phenoxy) is 2. The molecule has 2 heteroatoms. The molecular formula is C18H14O2. The van der Waals surface area contributed by atoms with E-state index >= 15 is 0 Å². The van der Waals surface area contributed by atoms with E-state index in [9.17, 15) is 0 Å². The highest BCUT2D eigenvalue weighted by Gasteiger charge is 1.96. The lowest BCUT2D eigenvalue weighted by molar-refractivity contribution is 0.413. The Hall–Kier alpha value is -2.84. The van der Waals surface area contributed by atoms with E-state index in [0.29, 0.717) is 0 Å². The van der Waals surface area contributed by atoms with Crippen LogP contribution in [0.4, 0.5) is 0 Å². The molecule has 0 aliphatic carbocycles. The van der Waals surface area contributed by atoms with Gasteiger partial charge in [-0.15, -0.1) is 0 Å². The number of rotatable bonds is 2. The van der Waals surface area contributed by atoms with Gasteiger partial charge in [-0.3, -0.25) is 0 Å². The number of hydrogen-bond acceptors (Lipinski definition) is 2. The van der Waals surface area contributed by atoms with Crippen LogP contribution in [0, 0.1) is 23.7 Å². The molecule has 0 aliphatic heterocycles. The Balaban J connectivity index is 2.22. The topological polar surface area (TPSA) is 18.5 Å². The molecule has 0 radical (unpaired) electrons. The van der Waals surface area contributed by atoms with E-state index in [1.54, 1.807) is 14.2 Å². The SMILES string of the molecule is COc1ccccc1C#CC#Cc1ccccc1OC. The van der Waals surface area contributed by atoms with Crippen LogP contribution in [0.5, 0.6) is 11.5 Å². The van der Waals surface area contributed by atoms with Crippen LogP contribution in [0.1, 0.15) is 11.1 Å². The highest BCUT2D eigenvalue weighted by Crippen LogP contribution is 2.16. The highest BCUT2D eigenvalue weighted by atomic mass is 16.5. The van der Waals surface area contributed by atoms with E-state index in [2.05, 4.69) is 23.7 Å². The van der Waals surface area contributed by atoms with Gasteiger partial charge in [-0.2, -0.15) is 0 Å². The van der Waals surface area contributed by atoms with Gasteiger partial charge < -0.3 is 9.47 Å². The Morgan fingerprint density at radius 1 is 0.650 bits per heavy atom. The maximum absolute atomic E-state index is 5.23. The van der Waals surface area contributed by atoms with Gasteiger partial charge in [-0.25, -0.2) is 0 Å². The smallest absolute Gasteiger partial charge is 0.134 e. The van der Waals surface area contributed by atoms with Crippen molar-refractivity contribution in [3.05, 3.63) is 59.7 Å². The third-order valence-electron chi connectivity index (χ3n) is 2.67. The van der Waals surface area contributed by atoms with Crippen molar-refractivity contribution in [2.75, 3.05) is 14.2 Å². The second-order valence-corrected chi connectivity index (χ2v) is 3.90. The molecule has 2 aromatic rings. The summed E-state index contributed by atoms with van der Waals surface area (Å²) >= 11 is 0. The summed E-state index contributed by atoms with van der Waals surface area (Å²) in [6.45, 7) is 0. The Morgan fingerprint density at radius 2 is 1.05 bits per heavy atom.